The Morgan fingerprint density at radius 1 is 1.47 bits per heavy atom. The summed E-state index contributed by atoms with van der Waals surface area (Å²) in [5, 5.41) is 2.62. The molecule has 1 aromatic heterocycles. The molecule has 0 spiro atoms. The van der Waals surface area contributed by atoms with E-state index in [2.05, 4.69) is 4.98 Å². The Morgan fingerprint density at radius 2 is 2.35 bits per heavy atom. The van der Waals surface area contributed by atoms with Crippen molar-refractivity contribution in [2.24, 2.45) is 5.92 Å². The lowest BCUT2D eigenvalue weighted by molar-refractivity contribution is -0.137. The zero-order chi connectivity index (χ0) is 11.7. The topological polar surface area (TPSA) is 42.4 Å². The Bertz CT molecular complexity index is 389. The summed E-state index contributed by atoms with van der Waals surface area (Å²) in [6.07, 6.45) is 6.17. The quantitative estimate of drug-likeness (QED) is 0.825. The van der Waals surface area contributed by atoms with Gasteiger partial charge in [0.2, 0.25) is 5.91 Å². The highest BCUT2D eigenvalue weighted by atomic mass is 32.1. The van der Waals surface area contributed by atoms with Gasteiger partial charge in [-0.25, -0.2) is 4.98 Å². The van der Waals surface area contributed by atoms with Crippen LogP contribution in [0.15, 0.2) is 11.6 Å². The van der Waals surface area contributed by atoms with Gasteiger partial charge in [0.05, 0.1) is 6.54 Å². The summed E-state index contributed by atoms with van der Waals surface area (Å²) in [6.45, 7) is 1.57. The van der Waals surface area contributed by atoms with Gasteiger partial charge in [-0.1, -0.05) is 17.8 Å². The van der Waals surface area contributed by atoms with E-state index in [4.69, 9.17) is 4.74 Å². The zero-order valence-electron chi connectivity index (χ0n) is 9.67. The number of hydrogen-bond donors (Lipinski definition) is 0. The summed E-state index contributed by atoms with van der Waals surface area (Å²) in [5.41, 5.74) is 0. The van der Waals surface area contributed by atoms with Crippen LogP contribution in [0.4, 0.5) is 0 Å². The van der Waals surface area contributed by atoms with E-state index in [1.807, 2.05) is 10.3 Å². The summed E-state index contributed by atoms with van der Waals surface area (Å²) in [5.74, 6) is 0.634. The van der Waals surface area contributed by atoms with Crippen LogP contribution in [-0.2, 0) is 4.79 Å². The lowest BCUT2D eigenvalue weighted by atomic mass is 9.84. The minimum atomic E-state index is 0.130. The van der Waals surface area contributed by atoms with Crippen LogP contribution in [-0.4, -0.2) is 35.0 Å². The minimum absolute atomic E-state index is 0.130. The van der Waals surface area contributed by atoms with Crippen LogP contribution in [0.3, 0.4) is 0 Å². The van der Waals surface area contributed by atoms with Crippen molar-refractivity contribution in [1.29, 1.82) is 0 Å². The van der Waals surface area contributed by atoms with Crippen molar-refractivity contribution < 1.29 is 9.53 Å². The second-order valence-corrected chi connectivity index (χ2v) is 5.60. The maximum atomic E-state index is 12.0. The molecule has 4 nitrogen and oxygen atoms in total. The molecular formula is C12H16N2O2S. The van der Waals surface area contributed by atoms with Gasteiger partial charge in [0.25, 0.3) is 5.19 Å². The summed E-state index contributed by atoms with van der Waals surface area (Å²) < 4.78 is 5.74. The highest BCUT2D eigenvalue weighted by Crippen LogP contribution is 2.30. The molecule has 1 amide bonds. The monoisotopic (exact) mass is 252 g/mol. The summed E-state index contributed by atoms with van der Waals surface area (Å²) in [4.78, 5) is 18.1. The van der Waals surface area contributed by atoms with Gasteiger partial charge in [0.15, 0.2) is 0 Å². The molecule has 1 aromatic rings. The van der Waals surface area contributed by atoms with Gasteiger partial charge in [-0.05, 0) is 12.8 Å². The Hall–Kier alpha value is -1.10. The molecule has 1 atom stereocenters. The number of likely N-dealkylation sites (tertiary alicyclic amines) is 1. The highest BCUT2D eigenvalue weighted by Gasteiger charge is 2.34. The Morgan fingerprint density at radius 3 is 3.00 bits per heavy atom. The first-order valence-electron chi connectivity index (χ1n) is 6.18. The van der Waals surface area contributed by atoms with Gasteiger partial charge in [-0.15, -0.1) is 0 Å². The SMILES string of the molecule is O=C(C1CCC1)N1CCC(Oc2nccs2)C1. The summed E-state index contributed by atoms with van der Waals surface area (Å²) in [7, 11) is 0. The zero-order valence-corrected chi connectivity index (χ0v) is 10.5. The molecule has 1 unspecified atom stereocenters. The van der Waals surface area contributed by atoms with Crippen molar-refractivity contribution in [1.82, 2.24) is 9.88 Å². The maximum absolute atomic E-state index is 12.0. The van der Waals surface area contributed by atoms with Crippen LogP contribution in [0.2, 0.25) is 0 Å². The molecule has 0 aromatic carbocycles. The second-order valence-electron chi connectivity index (χ2n) is 4.74. The number of ether oxygens (including phenoxy) is 1. The molecule has 1 aliphatic heterocycles. The lowest BCUT2D eigenvalue weighted by Gasteiger charge is -2.28. The molecule has 1 saturated carbocycles. The molecule has 2 aliphatic rings. The number of thiazole rings is 1. The van der Waals surface area contributed by atoms with Gasteiger partial charge in [0.1, 0.15) is 6.10 Å². The molecule has 1 saturated heterocycles. The molecule has 1 aliphatic carbocycles. The molecule has 2 fully saturated rings. The molecule has 5 heteroatoms. The molecule has 3 rings (SSSR count). The average molecular weight is 252 g/mol. The van der Waals surface area contributed by atoms with Crippen LogP contribution < -0.4 is 4.74 Å². The number of aromatic nitrogens is 1. The maximum Gasteiger partial charge on any atom is 0.273 e. The van der Waals surface area contributed by atoms with Gasteiger partial charge in [-0.3, -0.25) is 4.79 Å². The predicted octanol–water partition coefficient (Wildman–Crippen LogP) is 1.92. The Labute approximate surface area is 105 Å². The van der Waals surface area contributed by atoms with Crippen molar-refractivity contribution in [2.45, 2.75) is 31.8 Å². The number of rotatable bonds is 3. The average Bonchev–Trinajstić information content (AvgIpc) is 2.86. The van der Waals surface area contributed by atoms with Gasteiger partial charge >= 0.3 is 0 Å². The number of amides is 1. The number of carbonyl (C=O) groups excluding carboxylic acids is 1. The molecule has 2 heterocycles. The number of nitrogens with zero attached hydrogens (tertiary/aromatic N) is 2. The number of carbonyl (C=O) groups is 1. The van der Waals surface area contributed by atoms with E-state index < -0.39 is 0 Å². The minimum Gasteiger partial charge on any atom is -0.465 e. The third-order valence-corrected chi connectivity index (χ3v) is 4.25. The van der Waals surface area contributed by atoms with Crippen LogP contribution in [0.5, 0.6) is 5.19 Å². The molecule has 0 bridgehead atoms. The normalized spacial score (nSPS) is 24.7. The summed E-state index contributed by atoms with van der Waals surface area (Å²) in [6, 6.07) is 0. The van der Waals surface area contributed by atoms with E-state index in [9.17, 15) is 4.79 Å². The fourth-order valence-corrected chi connectivity index (χ4v) is 2.90. The van der Waals surface area contributed by atoms with Gasteiger partial charge < -0.3 is 9.64 Å². The van der Waals surface area contributed by atoms with E-state index in [0.29, 0.717) is 17.0 Å². The molecular weight excluding hydrogens is 236 g/mol. The van der Waals surface area contributed by atoms with E-state index >= 15 is 0 Å². The smallest absolute Gasteiger partial charge is 0.273 e. The molecule has 0 N–H and O–H groups in total. The van der Waals surface area contributed by atoms with E-state index in [0.717, 1.165) is 32.4 Å². The van der Waals surface area contributed by atoms with E-state index in [1.165, 1.54) is 17.8 Å². The number of hydrogen-bond acceptors (Lipinski definition) is 4. The van der Waals surface area contributed by atoms with Crippen molar-refractivity contribution in [3.8, 4) is 5.19 Å². The van der Waals surface area contributed by atoms with Crippen LogP contribution in [0.1, 0.15) is 25.7 Å². The molecule has 0 radical (unpaired) electrons. The van der Waals surface area contributed by atoms with Crippen molar-refractivity contribution in [3.63, 3.8) is 0 Å². The Balaban J connectivity index is 1.52. The lowest BCUT2D eigenvalue weighted by Crippen LogP contribution is -2.38. The third-order valence-electron chi connectivity index (χ3n) is 3.59. The molecule has 92 valence electrons. The van der Waals surface area contributed by atoms with Gasteiger partial charge in [-0.2, -0.15) is 0 Å². The van der Waals surface area contributed by atoms with Crippen LogP contribution in [0, 0.1) is 5.92 Å². The van der Waals surface area contributed by atoms with E-state index in [-0.39, 0.29) is 6.10 Å². The summed E-state index contributed by atoms with van der Waals surface area (Å²) >= 11 is 1.50. The van der Waals surface area contributed by atoms with Crippen molar-refractivity contribution in [2.75, 3.05) is 13.1 Å². The first-order chi connectivity index (χ1) is 8.33. The van der Waals surface area contributed by atoms with Crippen molar-refractivity contribution >= 4 is 17.2 Å². The highest BCUT2D eigenvalue weighted by molar-refractivity contribution is 7.11. The van der Waals surface area contributed by atoms with E-state index in [1.54, 1.807) is 6.20 Å². The largest absolute Gasteiger partial charge is 0.465 e. The first-order valence-corrected chi connectivity index (χ1v) is 7.06. The second kappa shape index (κ2) is 4.64. The predicted molar refractivity (Wildman–Crippen MR) is 65.1 cm³/mol. The Kier molecular flexibility index (Phi) is 3.01. The third kappa shape index (κ3) is 2.29. The van der Waals surface area contributed by atoms with Gasteiger partial charge in [0, 0.05) is 30.5 Å². The van der Waals surface area contributed by atoms with Crippen LogP contribution in [0.25, 0.3) is 0 Å². The van der Waals surface area contributed by atoms with Crippen molar-refractivity contribution in [3.05, 3.63) is 11.6 Å². The standard InChI is InChI=1S/C12H16N2O2S/c15-11(9-2-1-3-9)14-6-4-10(8-14)16-12-13-5-7-17-12/h5,7,9-10H,1-4,6,8H2. The van der Waals surface area contributed by atoms with Crippen LogP contribution >= 0.6 is 11.3 Å². The fourth-order valence-electron chi connectivity index (χ4n) is 2.35. The first kappa shape index (κ1) is 11.0. The molecule has 17 heavy (non-hydrogen) atoms. The fraction of sp³-hybridized carbons (Fsp3) is 0.667.